The smallest absolute Gasteiger partial charge is 0.0720 e. The van der Waals surface area contributed by atoms with E-state index in [0.29, 0.717) is 0 Å². The van der Waals surface area contributed by atoms with E-state index in [2.05, 4.69) is 84.3 Å². The van der Waals surface area contributed by atoms with Crippen LogP contribution in [0.5, 0.6) is 0 Å². The first-order valence-electron chi connectivity index (χ1n) is 6.47. The van der Waals surface area contributed by atoms with E-state index in [1.165, 1.54) is 25.8 Å². The fourth-order valence-electron chi connectivity index (χ4n) is 2.25. The van der Waals surface area contributed by atoms with Crippen LogP contribution in [-0.4, -0.2) is 0 Å². The number of halogens is 1. The molecule has 0 aliphatic rings. The van der Waals surface area contributed by atoms with Gasteiger partial charge in [0, 0.05) is 3.57 Å². The minimum absolute atomic E-state index is 0.0401. The van der Waals surface area contributed by atoms with Crippen molar-refractivity contribution in [2.45, 2.75) is 26.3 Å². The van der Waals surface area contributed by atoms with E-state index < -0.39 is 0 Å². The van der Waals surface area contributed by atoms with Gasteiger partial charge in [0.05, 0.1) is 6.04 Å². The molecule has 2 rings (SSSR count). The molecule has 0 saturated heterocycles. The van der Waals surface area contributed by atoms with Gasteiger partial charge in [-0.15, -0.1) is 0 Å². The fraction of sp³-hybridized carbons (Fsp3) is 0.250. The largest absolute Gasteiger partial charge is 0.271 e. The number of hydrogen-bond donors (Lipinski definition) is 2. The third kappa shape index (κ3) is 3.16. The van der Waals surface area contributed by atoms with Crippen LogP contribution in [-0.2, 0) is 6.42 Å². The molecule has 0 aliphatic carbocycles. The molecule has 3 N–H and O–H groups in total. The monoisotopic (exact) mass is 366 g/mol. The zero-order valence-electron chi connectivity index (χ0n) is 11.3. The van der Waals surface area contributed by atoms with Gasteiger partial charge in [0.25, 0.3) is 0 Å². The number of hydrogen-bond acceptors (Lipinski definition) is 2. The summed E-state index contributed by atoms with van der Waals surface area (Å²) in [6.45, 7) is 4.29. The molecular formula is C16H19IN2. The van der Waals surface area contributed by atoms with Gasteiger partial charge >= 0.3 is 0 Å². The minimum atomic E-state index is 0.0401. The predicted molar refractivity (Wildman–Crippen MR) is 88.9 cm³/mol. The van der Waals surface area contributed by atoms with Gasteiger partial charge in [0.15, 0.2) is 0 Å². The molecular weight excluding hydrogens is 347 g/mol. The Balaban J connectivity index is 2.46. The highest BCUT2D eigenvalue weighted by molar-refractivity contribution is 14.1. The van der Waals surface area contributed by atoms with E-state index in [-0.39, 0.29) is 6.04 Å². The van der Waals surface area contributed by atoms with Crippen molar-refractivity contribution < 1.29 is 0 Å². The summed E-state index contributed by atoms with van der Waals surface area (Å²) in [5.74, 6) is 5.79. The van der Waals surface area contributed by atoms with Crippen LogP contribution >= 0.6 is 22.6 Å². The number of nitrogens with one attached hydrogen (secondary N) is 1. The van der Waals surface area contributed by atoms with Crippen LogP contribution in [0.25, 0.3) is 0 Å². The summed E-state index contributed by atoms with van der Waals surface area (Å²) < 4.78 is 1.27. The van der Waals surface area contributed by atoms with Crippen LogP contribution < -0.4 is 11.3 Å². The zero-order chi connectivity index (χ0) is 13.8. The van der Waals surface area contributed by atoms with Gasteiger partial charge < -0.3 is 0 Å². The number of aryl methyl sites for hydroxylation is 2. The maximum absolute atomic E-state index is 5.79. The Kier molecular flexibility index (Phi) is 4.96. The molecule has 2 aromatic rings. The summed E-state index contributed by atoms with van der Waals surface area (Å²) >= 11 is 2.39. The van der Waals surface area contributed by atoms with Crippen LogP contribution in [0, 0.1) is 10.5 Å². The fourth-order valence-corrected chi connectivity index (χ4v) is 2.92. The van der Waals surface area contributed by atoms with E-state index in [1.54, 1.807) is 0 Å². The zero-order valence-corrected chi connectivity index (χ0v) is 13.4. The van der Waals surface area contributed by atoms with E-state index in [9.17, 15) is 0 Å². The van der Waals surface area contributed by atoms with Crippen LogP contribution in [0.3, 0.4) is 0 Å². The Morgan fingerprint density at radius 3 is 2.63 bits per heavy atom. The molecule has 0 aliphatic heterocycles. The number of nitrogens with two attached hydrogens (primary N) is 1. The summed E-state index contributed by atoms with van der Waals surface area (Å²) in [5, 5.41) is 0. The Labute approximate surface area is 128 Å². The predicted octanol–water partition coefficient (Wildman–Crippen LogP) is 3.71. The molecule has 3 heteroatoms. The standard InChI is InChI=1S/C16H19IN2/c1-3-12-7-5-8-13(10-12)16(19-18)14-9-4-6-11(2)15(14)17/h4-10,16,19H,3,18H2,1-2H3. The Morgan fingerprint density at radius 2 is 1.95 bits per heavy atom. The highest BCUT2D eigenvalue weighted by atomic mass is 127. The van der Waals surface area contributed by atoms with Crippen LogP contribution in [0.1, 0.15) is 35.2 Å². The van der Waals surface area contributed by atoms with Gasteiger partial charge in [-0.05, 0) is 58.2 Å². The maximum atomic E-state index is 5.79. The van der Waals surface area contributed by atoms with Gasteiger partial charge in [-0.25, -0.2) is 5.43 Å². The summed E-state index contributed by atoms with van der Waals surface area (Å²) in [5.41, 5.74) is 8.01. The summed E-state index contributed by atoms with van der Waals surface area (Å²) in [6.07, 6.45) is 1.04. The first kappa shape index (κ1) is 14.5. The number of benzene rings is 2. The lowest BCUT2D eigenvalue weighted by molar-refractivity contribution is 0.633. The van der Waals surface area contributed by atoms with Crippen molar-refractivity contribution in [3.05, 3.63) is 68.3 Å². The molecule has 19 heavy (non-hydrogen) atoms. The molecule has 0 amide bonds. The number of hydrazine groups is 1. The molecule has 1 unspecified atom stereocenters. The quantitative estimate of drug-likeness (QED) is 0.492. The average Bonchev–Trinajstić information content (AvgIpc) is 2.44. The molecule has 100 valence electrons. The molecule has 0 saturated carbocycles. The summed E-state index contributed by atoms with van der Waals surface area (Å²) in [6, 6.07) is 15.0. The van der Waals surface area contributed by atoms with Gasteiger partial charge in [-0.1, -0.05) is 49.4 Å². The number of rotatable bonds is 4. The second-order valence-corrected chi connectivity index (χ2v) is 5.76. The normalized spacial score (nSPS) is 12.4. The van der Waals surface area contributed by atoms with E-state index in [4.69, 9.17) is 5.84 Å². The van der Waals surface area contributed by atoms with Gasteiger partial charge in [0.2, 0.25) is 0 Å². The lowest BCUT2D eigenvalue weighted by Crippen LogP contribution is -2.29. The highest BCUT2D eigenvalue weighted by Crippen LogP contribution is 2.28. The lowest BCUT2D eigenvalue weighted by Gasteiger charge is -2.20. The first-order valence-corrected chi connectivity index (χ1v) is 7.55. The molecule has 0 fully saturated rings. The molecule has 2 aromatic carbocycles. The SMILES string of the molecule is CCc1cccc(C(NN)c2cccc(C)c2I)c1. The Morgan fingerprint density at radius 1 is 1.21 bits per heavy atom. The van der Waals surface area contributed by atoms with Crippen molar-refractivity contribution >= 4 is 22.6 Å². The second-order valence-electron chi connectivity index (χ2n) is 4.68. The lowest BCUT2D eigenvalue weighted by atomic mass is 9.96. The molecule has 0 radical (unpaired) electrons. The van der Waals surface area contributed by atoms with Gasteiger partial charge in [-0.3, -0.25) is 5.84 Å². The van der Waals surface area contributed by atoms with Gasteiger partial charge in [0.1, 0.15) is 0 Å². The van der Waals surface area contributed by atoms with Crippen LogP contribution in [0.2, 0.25) is 0 Å². The van der Waals surface area contributed by atoms with E-state index in [1.807, 2.05) is 0 Å². The third-order valence-electron chi connectivity index (χ3n) is 3.39. The van der Waals surface area contributed by atoms with E-state index in [0.717, 1.165) is 6.42 Å². The molecule has 0 heterocycles. The van der Waals surface area contributed by atoms with Crippen molar-refractivity contribution in [3.8, 4) is 0 Å². The maximum Gasteiger partial charge on any atom is 0.0720 e. The Hall–Kier alpha value is -0.910. The topological polar surface area (TPSA) is 38.0 Å². The summed E-state index contributed by atoms with van der Waals surface area (Å²) in [4.78, 5) is 0. The Bertz CT molecular complexity index is 566. The van der Waals surface area contributed by atoms with E-state index >= 15 is 0 Å². The third-order valence-corrected chi connectivity index (χ3v) is 4.87. The second kappa shape index (κ2) is 6.50. The van der Waals surface area contributed by atoms with Crippen molar-refractivity contribution in [2.24, 2.45) is 5.84 Å². The first-order chi connectivity index (χ1) is 9.17. The molecule has 0 aromatic heterocycles. The van der Waals surface area contributed by atoms with Crippen molar-refractivity contribution in [3.63, 3.8) is 0 Å². The molecule has 0 bridgehead atoms. The van der Waals surface area contributed by atoms with Crippen LogP contribution in [0.4, 0.5) is 0 Å². The molecule has 1 atom stereocenters. The summed E-state index contributed by atoms with van der Waals surface area (Å²) in [7, 11) is 0. The van der Waals surface area contributed by atoms with Crippen LogP contribution in [0.15, 0.2) is 42.5 Å². The minimum Gasteiger partial charge on any atom is -0.271 e. The average molecular weight is 366 g/mol. The van der Waals surface area contributed by atoms with Crippen molar-refractivity contribution in [2.75, 3.05) is 0 Å². The molecule has 2 nitrogen and oxygen atoms in total. The van der Waals surface area contributed by atoms with Gasteiger partial charge in [-0.2, -0.15) is 0 Å². The van der Waals surface area contributed by atoms with Crippen molar-refractivity contribution in [1.82, 2.24) is 5.43 Å². The molecule has 0 spiro atoms. The highest BCUT2D eigenvalue weighted by Gasteiger charge is 2.16. The van der Waals surface area contributed by atoms with Crippen molar-refractivity contribution in [1.29, 1.82) is 0 Å².